The number of ether oxygens (including phenoxy) is 2. The molecule has 0 aromatic heterocycles. The van der Waals surface area contributed by atoms with Crippen LogP contribution in [-0.2, 0) is 6.54 Å². The standard InChI is InChI=1S/C19H25NO2/c1-4-13-21-19-8-6-5-7-16(19)14-20-17-9-11-18(12-10-17)22-15(2)3/h5-12,15,20H,4,13-14H2,1-3H3. The molecule has 0 saturated carbocycles. The maximum atomic E-state index is 5.78. The van der Waals surface area contributed by atoms with Crippen molar-refractivity contribution >= 4 is 5.69 Å². The third-order valence-electron chi connectivity index (χ3n) is 3.14. The minimum Gasteiger partial charge on any atom is -0.493 e. The van der Waals surface area contributed by atoms with Crippen LogP contribution in [0.4, 0.5) is 5.69 Å². The minimum atomic E-state index is 0.196. The topological polar surface area (TPSA) is 30.5 Å². The van der Waals surface area contributed by atoms with Gasteiger partial charge in [-0.1, -0.05) is 25.1 Å². The van der Waals surface area contributed by atoms with Crippen LogP contribution in [-0.4, -0.2) is 12.7 Å². The van der Waals surface area contributed by atoms with E-state index in [-0.39, 0.29) is 6.10 Å². The first-order valence-corrected chi connectivity index (χ1v) is 7.90. The molecular weight excluding hydrogens is 274 g/mol. The van der Waals surface area contributed by atoms with Crippen LogP contribution >= 0.6 is 0 Å². The van der Waals surface area contributed by atoms with Crippen LogP contribution in [0.2, 0.25) is 0 Å². The second kappa shape index (κ2) is 8.32. The van der Waals surface area contributed by atoms with Gasteiger partial charge in [-0.2, -0.15) is 0 Å². The number of para-hydroxylation sites is 1. The van der Waals surface area contributed by atoms with Crippen LogP contribution in [0, 0.1) is 0 Å². The molecule has 1 N–H and O–H groups in total. The predicted molar refractivity (Wildman–Crippen MR) is 91.8 cm³/mol. The van der Waals surface area contributed by atoms with E-state index in [0.717, 1.165) is 36.8 Å². The van der Waals surface area contributed by atoms with Crippen LogP contribution in [0.1, 0.15) is 32.8 Å². The highest BCUT2D eigenvalue weighted by Crippen LogP contribution is 2.21. The van der Waals surface area contributed by atoms with Crippen molar-refractivity contribution in [3.63, 3.8) is 0 Å². The number of anilines is 1. The highest BCUT2D eigenvalue weighted by atomic mass is 16.5. The zero-order valence-corrected chi connectivity index (χ0v) is 13.6. The molecule has 0 atom stereocenters. The summed E-state index contributed by atoms with van der Waals surface area (Å²) in [5.74, 6) is 1.85. The Morgan fingerprint density at radius 1 is 1.00 bits per heavy atom. The molecule has 2 rings (SSSR count). The van der Waals surface area contributed by atoms with Crippen molar-refractivity contribution in [2.45, 2.75) is 39.8 Å². The van der Waals surface area contributed by atoms with E-state index < -0.39 is 0 Å². The number of hydrogen-bond donors (Lipinski definition) is 1. The molecule has 0 aliphatic heterocycles. The van der Waals surface area contributed by atoms with Gasteiger partial charge < -0.3 is 14.8 Å². The molecule has 0 fully saturated rings. The van der Waals surface area contributed by atoms with Gasteiger partial charge in [-0.05, 0) is 50.6 Å². The molecule has 0 bridgehead atoms. The molecule has 22 heavy (non-hydrogen) atoms. The highest BCUT2D eigenvalue weighted by molar-refractivity contribution is 5.48. The van der Waals surface area contributed by atoms with E-state index in [1.54, 1.807) is 0 Å². The molecule has 0 amide bonds. The summed E-state index contributed by atoms with van der Waals surface area (Å²) < 4.78 is 11.4. The summed E-state index contributed by atoms with van der Waals surface area (Å²) in [5, 5.41) is 3.42. The molecule has 3 heteroatoms. The summed E-state index contributed by atoms with van der Waals surface area (Å²) in [5.41, 5.74) is 2.24. The first-order valence-electron chi connectivity index (χ1n) is 7.90. The van der Waals surface area contributed by atoms with Crippen molar-refractivity contribution in [2.24, 2.45) is 0 Å². The summed E-state index contributed by atoms with van der Waals surface area (Å²) in [6.45, 7) is 7.66. The molecule has 0 radical (unpaired) electrons. The van der Waals surface area contributed by atoms with Crippen LogP contribution in [0.3, 0.4) is 0 Å². The van der Waals surface area contributed by atoms with E-state index in [0.29, 0.717) is 0 Å². The fourth-order valence-electron chi connectivity index (χ4n) is 2.12. The normalized spacial score (nSPS) is 10.5. The Kier molecular flexibility index (Phi) is 6.13. The van der Waals surface area contributed by atoms with E-state index in [1.165, 1.54) is 5.56 Å². The van der Waals surface area contributed by atoms with Crippen LogP contribution in [0.25, 0.3) is 0 Å². The number of hydrogen-bond acceptors (Lipinski definition) is 3. The van der Waals surface area contributed by atoms with Gasteiger partial charge in [0.05, 0.1) is 12.7 Å². The van der Waals surface area contributed by atoms with Gasteiger partial charge in [0.25, 0.3) is 0 Å². The molecule has 0 saturated heterocycles. The van der Waals surface area contributed by atoms with Gasteiger partial charge in [0.2, 0.25) is 0 Å². The first-order chi connectivity index (χ1) is 10.7. The lowest BCUT2D eigenvalue weighted by Crippen LogP contribution is -2.06. The number of rotatable bonds is 8. The molecule has 0 spiro atoms. The zero-order chi connectivity index (χ0) is 15.8. The fourth-order valence-corrected chi connectivity index (χ4v) is 2.12. The monoisotopic (exact) mass is 299 g/mol. The van der Waals surface area contributed by atoms with Crippen molar-refractivity contribution in [2.75, 3.05) is 11.9 Å². The fraction of sp³-hybridized carbons (Fsp3) is 0.368. The van der Waals surface area contributed by atoms with E-state index in [2.05, 4.69) is 18.3 Å². The average molecular weight is 299 g/mol. The third-order valence-corrected chi connectivity index (χ3v) is 3.14. The molecule has 0 aliphatic carbocycles. The molecule has 0 heterocycles. The molecule has 0 aliphatic rings. The Hall–Kier alpha value is -2.16. The summed E-state index contributed by atoms with van der Waals surface area (Å²) in [6, 6.07) is 16.2. The Morgan fingerprint density at radius 3 is 2.41 bits per heavy atom. The van der Waals surface area contributed by atoms with Crippen molar-refractivity contribution in [3.05, 3.63) is 54.1 Å². The van der Waals surface area contributed by atoms with E-state index in [9.17, 15) is 0 Å². The van der Waals surface area contributed by atoms with E-state index >= 15 is 0 Å². The molecule has 118 valence electrons. The van der Waals surface area contributed by atoms with Crippen LogP contribution in [0.15, 0.2) is 48.5 Å². The molecule has 3 nitrogen and oxygen atoms in total. The SMILES string of the molecule is CCCOc1ccccc1CNc1ccc(OC(C)C)cc1. The van der Waals surface area contributed by atoms with Gasteiger partial charge in [0.1, 0.15) is 11.5 Å². The van der Waals surface area contributed by atoms with Crippen LogP contribution in [0.5, 0.6) is 11.5 Å². The zero-order valence-electron chi connectivity index (χ0n) is 13.6. The number of nitrogens with one attached hydrogen (secondary N) is 1. The third kappa shape index (κ3) is 4.99. The van der Waals surface area contributed by atoms with Crippen molar-refractivity contribution in [3.8, 4) is 11.5 Å². The van der Waals surface area contributed by atoms with Crippen molar-refractivity contribution < 1.29 is 9.47 Å². The second-order valence-electron chi connectivity index (χ2n) is 5.50. The summed E-state index contributed by atoms with van der Waals surface area (Å²) >= 11 is 0. The van der Waals surface area contributed by atoms with Gasteiger partial charge >= 0.3 is 0 Å². The van der Waals surface area contributed by atoms with Crippen molar-refractivity contribution in [1.82, 2.24) is 0 Å². The second-order valence-corrected chi connectivity index (χ2v) is 5.50. The van der Waals surface area contributed by atoms with Gasteiger partial charge in [-0.15, -0.1) is 0 Å². The Balaban J connectivity index is 1.95. The Labute approximate surface area is 133 Å². The van der Waals surface area contributed by atoms with Gasteiger partial charge in [0, 0.05) is 17.8 Å². The average Bonchev–Trinajstić information content (AvgIpc) is 2.52. The quantitative estimate of drug-likeness (QED) is 0.754. The smallest absolute Gasteiger partial charge is 0.124 e. The highest BCUT2D eigenvalue weighted by Gasteiger charge is 2.03. The van der Waals surface area contributed by atoms with E-state index in [1.807, 2.05) is 56.3 Å². The molecular formula is C19H25NO2. The first kappa shape index (κ1) is 16.2. The Bertz CT molecular complexity index is 564. The summed E-state index contributed by atoms with van der Waals surface area (Å²) in [6.07, 6.45) is 1.21. The molecule has 2 aromatic rings. The maximum Gasteiger partial charge on any atom is 0.124 e. The van der Waals surface area contributed by atoms with Gasteiger partial charge in [0.15, 0.2) is 0 Å². The Morgan fingerprint density at radius 2 is 1.73 bits per heavy atom. The lowest BCUT2D eigenvalue weighted by molar-refractivity contribution is 0.242. The molecule has 2 aromatic carbocycles. The summed E-state index contributed by atoms with van der Waals surface area (Å²) in [4.78, 5) is 0. The lowest BCUT2D eigenvalue weighted by atomic mass is 10.2. The predicted octanol–water partition coefficient (Wildman–Crippen LogP) is 4.87. The van der Waals surface area contributed by atoms with Gasteiger partial charge in [-0.3, -0.25) is 0 Å². The largest absolute Gasteiger partial charge is 0.493 e. The van der Waals surface area contributed by atoms with Crippen LogP contribution < -0.4 is 14.8 Å². The molecule has 0 unspecified atom stereocenters. The van der Waals surface area contributed by atoms with E-state index in [4.69, 9.17) is 9.47 Å². The summed E-state index contributed by atoms with van der Waals surface area (Å²) in [7, 11) is 0. The van der Waals surface area contributed by atoms with Crippen molar-refractivity contribution in [1.29, 1.82) is 0 Å². The lowest BCUT2D eigenvalue weighted by Gasteiger charge is -2.13. The minimum absolute atomic E-state index is 0.196. The number of benzene rings is 2. The maximum absolute atomic E-state index is 5.78. The van der Waals surface area contributed by atoms with Gasteiger partial charge in [-0.25, -0.2) is 0 Å².